The minimum atomic E-state index is -4.58. The normalized spacial score (nSPS) is 11.9. The average Bonchev–Trinajstić information content (AvgIpc) is 3.37. The summed E-state index contributed by atoms with van der Waals surface area (Å²) in [6, 6.07) is 27.1. The van der Waals surface area contributed by atoms with Crippen LogP contribution in [0.1, 0.15) is 17.4 Å². The zero-order valence-corrected chi connectivity index (χ0v) is 21.8. The summed E-state index contributed by atoms with van der Waals surface area (Å²) in [5, 5.41) is 4.65. The first-order valence-electron chi connectivity index (χ1n) is 11.7. The standard InChI is InChI=1S/C28H22N2O6S2/c1-2-36-28(31)25-26(37(32,33)22-16-7-4-8-17-22)27(30(29-25)21-14-5-3-6-15-21)38(34,35)24-19-11-13-20-12-9-10-18-23(20)24/h3-19H,2H2,1H3. The Morgan fingerprint density at radius 2 is 1.37 bits per heavy atom. The number of para-hydroxylation sites is 1. The van der Waals surface area contributed by atoms with Crippen LogP contribution in [0.2, 0.25) is 0 Å². The summed E-state index contributed by atoms with van der Waals surface area (Å²) < 4.78 is 63.1. The summed E-state index contributed by atoms with van der Waals surface area (Å²) in [5.41, 5.74) is -0.357. The SMILES string of the molecule is CCOC(=O)c1nn(-c2ccccc2)c(S(=O)(=O)c2cccc3ccccc23)c1S(=O)(=O)c1ccccc1. The van der Waals surface area contributed by atoms with Crippen LogP contribution < -0.4 is 0 Å². The van der Waals surface area contributed by atoms with Gasteiger partial charge in [-0.05, 0) is 42.6 Å². The van der Waals surface area contributed by atoms with E-state index in [1.165, 1.54) is 30.3 Å². The van der Waals surface area contributed by atoms with E-state index in [9.17, 15) is 21.6 Å². The highest BCUT2D eigenvalue weighted by Crippen LogP contribution is 2.37. The molecule has 1 aromatic heterocycles. The van der Waals surface area contributed by atoms with Gasteiger partial charge >= 0.3 is 5.97 Å². The van der Waals surface area contributed by atoms with Gasteiger partial charge in [-0.1, -0.05) is 72.8 Å². The number of hydrogen-bond acceptors (Lipinski definition) is 7. The van der Waals surface area contributed by atoms with E-state index in [1.54, 1.807) is 79.7 Å². The molecule has 38 heavy (non-hydrogen) atoms. The maximum absolute atomic E-state index is 14.5. The number of rotatable bonds is 7. The third-order valence-corrected chi connectivity index (χ3v) is 9.65. The van der Waals surface area contributed by atoms with Crippen LogP contribution >= 0.6 is 0 Å². The molecule has 0 fully saturated rings. The average molecular weight is 547 g/mol. The van der Waals surface area contributed by atoms with E-state index in [1.807, 2.05) is 0 Å². The number of esters is 1. The number of aromatic nitrogens is 2. The Labute approximate surface area is 220 Å². The molecule has 0 amide bonds. The fourth-order valence-corrected chi connectivity index (χ4v) is 7.96. The van der Waals surface area contributed by atoms with E-state index in [4.69, 9.17) is 4.74 Å². The Morgan fingerprint density at radius 1 is 0.763 bits per heavy atom. The predicted octanol–water partition coefficient (Wildman–Crippen LogP) is 4.87. The smallest absolute Gasteiger partial charge is 0.360 e. The maximum Gasteiger partial charge on any atom is 0.360 e. The van der Waals surface area contributed by atoms with E-state index in [0.717, 1.165) is 4.68 Å². The summed E-state index contributed by atoms with van der Waals surface area (Å²) in [7, 11) is -9.14. The van der Waals surface area contributed by atoms with Gasteiger partial charge in [0.25, 0.3) is 0 Å². The van der Waals surface area contributed by atoms with Crippen LogP contribution in [0.4, 0.5) is 0 Å². The van der Waals surface area contributed by atoms with Gasteiger partial charge in [-0.2, -0.15) is 5.10 Å². The number of hydrogen-bond donors (Lipinski definition) is 0. The van der Waals surface area contributed by atoms with E-state index in [2.05, 4.69) is 5.10 Å². The lowest BCUT2D eigenvalue weighted by Crippen LogP contribution is -2.16. The van der Waals surface area contributed by atoms with Gasteiger partial charge in [-0.15, -0.1) is 0 Å². The van der Waals surface area contributed by atoms with Gasteiger partial charge in [0.2, 0.25) is 19.7 Å². The predicted molar refractivity (Wildman–Crippen MR) is 141 cm³/mol. The minimum Gasteiger partial charge on any atom is -0.461 e. The topological polar surface area (TPSA) is 112 Å². The molecule has 0 saturated carbocycles. The van der Waals surface area contributed by atoms with Crippen molar-refractivity contribution in [2.75, 3.05) is 6.61 Å². The van der Waals surface area contributed by atoms with Gasteiger partial charge in [-0.3, -0.25) is 0 Å². The van der Waals surface area contributed by atoms with Crippen molar-refractivity contribution in [3.8, 4) is 5.69 Å². The number of ether oxygens (including phenoxy) is 1. The number of nitrogens with zero attached hydrogens (tertiary/aromatic N) is 2. The monoisotopic (exact) mass is 546 g/mol. The molecule has 0 radical (unpaired) electrons. The van der Waals surface area contributed by atoms with Crippen LogP contribution in [0.5, 0.6) is 0 Å². The van der Waals surface area contributed by atoms with Gasteiger partial charge in [0.05, 0.1) is 22.1 Å². The molecule has 192 valence electrons. The third kappa shape index (κ3) is 4.27. The van der Waals surface area contributed by atoms with Crippen LogP contribution in [0.3, 0.4) is 0 Å². The highest BCUT2D eigenvalue weighted by Gasteiger charge is 2.41. The highest BCUT2D eigenvalue weighted by atomic mass is 32.2. The fraction of sp³-hybridized carbons (Fsp3) is 0.0714. The van der Waals surface area contributed by atoms with E-state index in [-0.39, 0.29) is 22.1 Å². The first-order chi connectivity index (χ1) is 18.3. The zero-order chi connectivity index (χ0) is 26.9. The van der Waals surface area contributed by atoms with Crippen molar-refractivity contribution in [1.82, 2.24) is 9.78 Å². The van der Waals surface area contributed by atoms with Crippen molar-refractivity contribution >= 4 is 36.4 Å². The van der Waals surface area contributed by atoms with Crippen LogP contribution in [0, 0.1) is 0 Å². The lowest BCUT2D eigenvalue weighted by Gasteiger charge is -2.13. The van der Waals surface area contributed by atoms with Crippen LogP contribution in [-0.4, -0.2) is 39.2 Å². The molecule has 0 spiro atoms. The number of benzene rings is 4. The molecule has 4 aromatic carbocycles. The molecule has 0 saturated heterocycles. The molecule has 0 atom stereocenters. The Balaban J connectivity index is 1.94. The van der Waals surface area contributed by atoms with Gasteiger partial charge in [0.15, 0.2) is 10.7 Å². The Morgan fingerprint density at radius 3 is 2.05 bits per heavy atom. The second-order valence-corrected chi connectivity index (χ2v) is 12.0. The number of carbonyl (C=O) groups excluding carboxylic acids is 1. The highest BCUT2D eigenvalue weighted by molar-refractivity contribution is 7.94. The van der Waals surface area contributed by atoms with Crippen molar-refractivity contribution < 1.29 is 26.4 Å². The zero-order valence-electron chi connectivity index (χ0n) is 20.2. The van der Waals surface area contributed by atoms with Gasteiger partial charge < -0.3 is 4.74 Å². The molecule has 0 bridgehead atoms. The lowest BCUT2D eigenvalue weighted by molar-refractivity contribution is 0.0514. The molecule has 5 aromatic rings. The summed E-state index contributed by atoms with van der Waals surface area (Å²) in [4.78, 5) is 12.0. The molecule has 0 unspecified atom stereocenters. The van der Waals surface area contributed by atoms with E-state index < -0.39 is 41.3 Å². The van der Waals surface area contributed by atoms with Gasteiger partial charge in [0, 0.05) is 5.39 Å². The lowest BCUT2D eigenvalue weighted by atomic mass is 10.1. The molecule has 5 rings (SSSR count). The fourth-order valence-electron chi connectivity index (χ4n) is 4.20. The molecule has 1 heterocycles. The Bertz CT molecular complexity index is 1860. The molecule has 0 aliphatic rings. The van der Waals surface area contributed by atoms with Crippen LogP contribution in [0.25, 0.3) is 16.5 Å². The summed E-state index contributed by atoms with van der Waals surface area (Å²) in [5.74, 6) is -1.05. The molecule has 8 nitrogen and oxygen atoms in total. The van der Waals surface area contributed by atoms with Crippen molar-refractivity contribution in [3.05, 3.63) is 109 Å². The largest absolute Gasteiger partial charge is 0.461 e. The second kappa shape index (κ2) is 9.88. The number of fused-ring (bicyclic) bond motifs is 1. The molecule has 10 heteroatoms. The molecular weight excluding hydrogens is 524 g/mol. The van der Waals surface area contributed by atoms with Crippen LogP contribution in [-0.2, 0) is 24.4 Å². The Hall–Kier alpha value is -4.28. The van der Waals surface area contributed by atoms with Crippen molar-refractivity contribution in [1.29, 1.82) is 0 Å². The van der Waals surface area contributed by atoms with E-state index in [0.29, 0.717) is 10.8 Å². The molecular formula is C28H22N2O6S2. The minimum absolute atomic E-state index is 0.0622. The first-order valence-corrected chi connectivity index (χ1v) is 14.6. The maximum atomic E-state index is 14.5. The van der Waals surface area contributed by atoms with Gasteiger partial charge in [0.1, 0.15) is 4.90 Å². The van der Waals surface area contributed by atoms with Crippen LogP contribution in [0.15, 0.2) is 123 Å². The van der Waals surface area contributed by atoms with E-state index >= 15 is 0 Å². The third-order valence-electron chi connectivity index (χ3n) is 5.89. The summed E-state index contributed by atoms with van der Waals surface area (Å²) in [6.45, 7) is 1.50. The number of carbonyl (C=O) groups is 1. The molecule has 0 aliphatic carbocycles. The molecule has 0 aliphatic heterocycles. The quantitative estimate of drug-likeness (QED) is 0.268. The summed E-state index contributed by atoms with van der Waals surface area (Å²) in [6.07, 6.45) is 0. The first kappa shape index (κ1) is 25.4. The Kier molecular flexibility index (Phi) is 6.60. The molecule has 0 N–H and O–H groups in total. The number of sulfone groups is 2. The second-order valence-electron chi connectivity index (χ2n) is 8.25. The van der Waals surface area contributed by atoms with Crippen molar-refractivity contribution in [2.45, 2.75) is 26.6 Å². The van der Waals surface area contributed by atoms with Gasteiger partial charge in [-0.25, -0.2) is 26.3 Å². The van der Waals surface area contributed by atoms with Crippen molar-refractivity contribution in [3.63, 3.8) is 0 Å². The summed E-state index contributed by atoms with van der Waals surface area (Å²) >= 11 is 0. The van der Waals surface area contributed by atoms with Crippen molar-refractivity contribution in [2.24, 2.45) is 0 Å².